The third kappa shape index (κ3) is 6.98. The molecule has 0 saturated carbocycles. The van der Waals surface area contributed by atoms with Gasteiger partial charge in [0.15, 0.2) is 0 Å². The van der Waals surface area contributed by atoms with E-state index in [9.17, 15) is 4.79 Å². The van der Waals surface area contributed by atoms with E-state index in [1.807, 2.05) is 6.07 Å². The van der Waals surface area contributed by atoms with Gasteiger partial charge in [-0.15, -0.1) is 0 Å². The molecule has 0 aliphatic heterocycles. The molecule has 0 atom stereocenters. The number of anilines is 1. The summed E-state index contributed by atoms with van der Waals surface area (Å²) >= 11 is 9.30. The van der Waals surface area contributed by atoms with Crippen molar-refractivity contribution in [1.82, 2.24) is 0 Å². The van der Waals surface area contributed by atoms with Gasteiger partial charge in [-0.1, -0.05) is 50.6 Å². The molecule has 0 unspecified atom stereocenters. The lowest BCUT2D eigenvalue weighted by atomic mass is 10.1. The molecular formula is C15H21BrClNO. The van der Waals surface area contributed by atoms with Crippen LogP contribution in [0.5, 0.6) is 0 Å². The van der Waals surface area contributed by atoms with Crippen LogP contribution in [0.25, 0.3) is 0 Å². The Morgan fingerprint density at radius 2 is 1.89 bits per heavy atom. The summed E-state index contributed by atoms with van der Waals surface area (Å²) in [5.41, 5.74) is 0.739. The zero-order valence-electron chi connectivity index (χ0n) is 11.3. The second kappa shape index (κ2) is 9.38. The van der Waals surface area contributed by atoms with E-state index in [1.165, 1.54) is 25.7 Å². The second-order valence-corrected chi connectivity index (χ2v) is 5.98. The fourth-order valence-electron chi connectivity index (χ4n) is 1.87. The third-order valence-electron chi connectivity index (χ3n) is 2.96. The standard InChI is InChI=1S/C15H21BrClNO/c1-2-3-4-5-6-7-8-15(19)18-14-11-12(17)9-10-13(14)16/h9-11H,2-8H2,1H3,(H,18,19). The lowest BCUT2D eigenvalue weighted by Crippen LogP contribution is -2.11. The number of rotatable bonds is 8. The first-order valence-electron chi connectivity index (χ1n) is 6.88. The minimum absolute atomic E-state index is 0.0541. The van der Waals surface area contributed by atoms with Crippen LogP contribution in [0.4, 0.5) is 5.69 Å². The summed E-state index contributed by atoms with van der Waals surface area (Å²) in [6.07, 6.45) is 7.70. The zero-order chi connectivity index (χ0) is 14.1. The lowest BCUT2D eigenvalue weighted by Gasteiger charge is -2.07. The number of halogens is 2. The average Bonchev–Trinajstić information content (AvgIpc) is 2.38. The summed E-state index contributed by atoms with van der Waals surface area (Å²) in [4.78, 5) is 11.8. The normalized spacial score (nSPS) is 10.5. The van der Waals surface area contributed by atoms with Crippen molar-refractivity contribution in [1.29, 1.82) is 0 Å². The number of amides is 1. The molecule has 1 rings (SSSR count). The van der Waals surface area contributed by atoms with Gasteiger partial charge in [0.25, 0.3) is 0 Å². The Balaban J connectivity index is 2.25. The first kappa shape index (κ1) is 16.5. The van der Waals surface area contributed by atoms with Crippen LogP contribution in [-0.4, -0.2) is 5.91 Å². The van der Waals surface area contributed by atoms with Crippen molar-refractivity contribution < 1.29 is 4.79 Å². The summed E-state index contributed by atoms with van der Waals surface area (Å²) in [5.74, 6) is 0.0541. The van der Waals surface area contributed by atoms with Gasteiger partial charge in [-0.2, -0.15) is 0 Å². The Morgan fingerprint density at radius 1 is 1.21 bits per heavy atom. The predicted octanol–water partition coefficient (Wildman–Crippen LogP) is 5.79. The van der Waals surface area contributed by atoms with Gasteiger partial charge in [0.05, 0.1) is 5.69 Å². The van der Waals surface area contributed by atoms with E-state index in [2.05, 4.69) is 28.2 Å². The molecule has 0 aromatic heterocycles. The molecule has 1 aromatic carbocycles. The summed E-state index contributed by atoms with van der Waals surface area (Å²) in [6.45, 7) is 2.20. The SMILES string of the molecule is CCCCCCCCC(=O)Nc1cc(Cl)ccc1Br. The Kier molecular flexibility index (Phi) is 8.15. The topological polar surface area (TPSA) is 29.1 Å². The average molecular weight is 347 g/mol. The molecule has 0 bridgehead atoms. The van der Waals surface area contributed by atoms with Crippen molar-refractivity contribution in [2.24, 2.45) is 0 Å². The maximum atomic E-state index is 11.8. The van der Waals surface area contributed by atoms with Crippen molar-refractivity contribution in [3.8, 4) is 0 Å². The number of carbonyl (C=O) groups excluding carboxylic acids is 1. The molecule has 19 heavy (non-hydrogen) atoms. The molecular weight excluding hydrogens is 326 g/mol. The molecule has 1 aromatic rings. The molecule has 2 nitrogen and oxygen atoms in total. The van der Waals surface area contributed by atoms with Crippen LogP contribution in [-0.2, 0) is 4.79 Å². The maximum Gasteiger partial charge on any atom is 0.224 e. The van der Waals surface area contributed by atoms with Crippen molar-refractivity contribution in [3.63, 3.8) is 0 Å². The largest absolute Gasteiger partial charge is 0.325 e. The molecule has 0 heterocycles. The maximum absolute atomic E-state index is 11.8. The first-order valence-corrected chi connectivity index (χ1v) is 8.05. The van der Waals surface area contributed by atoms with Crippen LogP contribution in [0.3, 0.4) is 0 Å². The van der Waals surface area contributed by atoms with Crippen LogP contribution in [0.15, 0.2) is 22.7 Å². The van der Waals surface area contributed by atoms with Gasteiger partial charge in [0, 0.05) is 15.9 Å². The van der Waals surface area contributed by atoms with Gasteiger partial charge in [0.1, 0.15) is 0 Å². The second-order valence-electron chi connectivity index (χ2n) is 4.69. The number of benzene rings is 1. The van der Waals surface area contributed by atoms with Gasteiger partial charge in [0.2, 0.25) is 5.91 Å². The van der Waals surface area contributed by atoms with Crippen molar-refractivity contribution in [3.05, 3.63) is 27.7 Å². The van der Waals surface area contributed by atoms with Crippen LogP contribution in [0.1, 0.15) is 51.9 Å². The van der Waals surface area contributed by atoms with Crippen molar-refractivity contribution >= 4 is 39.1 Å². The number of hydrogen-bond donors (Lipinski definition) is 1. The fourth-order valence-corrected chi connectivity index (χ4v) is 2.39. The minimum atomic E-state index is 0.0541. The first-order chi connectivity index (χ1) is 9.13. The van der Waals surface area contributed by atoms with E-state index in [0.717, 1.165) is 23.0 Å². The molecule has 0 aliphatic carbocycles. The van der Waals surface area contributed by atoms with Gasteiger partial charge in [-0.3, -0.25) is 4.79 Å². The molecule has 1 amide bonds. The number of carbonyl (C=O) groups is 1. The summed E-state index contributed by atoms with van der Waals surface area (Å²) in [6, 6.07) is 5.38. The summed E-state index contributed by atoms with van der Waals surface area (Å²) in [5, 5.41) is 3.51. The molecule has 4 heteroatoms. The van der Waals surface area contributed by atoms with Gasteiger partial charge in [-0.25, -0.2) is 0 Å². The smallest absolute Gasteiger partial charge is 0.224 e. The molecule has 1 N–H and O–H groups in total. The van der Waals surface area contributed by atoms with Crippen LogP contribution in [0.2, 0.25) is 5.02 Å². The molecule has 0 spiro atoms. The molecule has 0 saturated heterocycles. The Morgan fingerprint density at radius 3 is 2.63 bits per heavy atom. The van der Waals surface area contributed by atoms with Gasteiger partial charge >= 0.3 is 0 Å². The number of nitrogens with one attached hydrogen (secondary N) is 1. The van der Waals surface area contributed by atoms with Crippen LogP contribution < -0.4 is 5.32 Å². The van der Waals surface area contributed by atoms with E-state index in [-0.39, 0.29) is 5.91 Å². The van der Waals surface area contributed by atoms with E-state index in [4.69, 9.17) is 11.6 Å². The monoisotopic (exact) mass is 345 g/mol. The van der Waals surface area contributed by atoms with Gasteiger partial charge < -0.3 is 5.32 Å². The zero-order valence-corrected chi connectivity index (χ0v) is 13.7. The van der Waals surface area contributed by atoms with E-state index < -0.39 is 0 Å². The molecule has 0 radical (unpaired) electrons. The summed E-state index contributed by atoms with van der Waals surface area (Å²) in [7, 11) is 0. The molecule has 106 valence electrons. The highest BCUT2D eigenvalue weighted by Gasteiger charge is 2.06. The predicted molar refractivity (Wildman–Crippen MR) is 85.8 cm³/mol. The van der Waals surface area contributed by atoms with Crippen molar-refractivity contribution in [2.45, 2.75) is 51.9 Å². The summed E-state index contributed by atoms with van der Waals surface area (Å²) < 4.78 is 0.855. The third-order valence-corrected chi connectivity index (χ3v) is 3.89. The van der Waals surface area contributed by atoms with Crippen LogP contribution in [0, 0.1) is 0 Å². The number of hydrogen-bond acceptors (Lipinski definition) is 1. The highest BCUT2D eigenvalue weighted by molar-refractivity contribution is 9.10. The van der Waals surface area contributed by atoms with Gasteiger partial charge in [-0.05, 0) is 40.5 Å². The highest BCUT2D eigenvalue weighted by Crippen LogP contribution is 2.26. The highest BCUT2D eigenvalue weighted by atomic mass is 79.9. The Bertz CT molecular complexity index is 409. The lowest BCUT2D eigenvalue weighted by molar-refractivity contribution is -0.116. The van der Waals surface area contributed by atoms with Crippen molar-refractivity contribution in [2.75, 3.05) is 5.32 Å². The van der Waals surface area contributed by atoms with E-state index in [0.29, 0.717) is 11.4 Å². The van der Waals surface area contributed by atoms with Crippen LogP contribution >= 0.6 is 27.5 Å². The minimum Gasteiger partial charge on any atom is -0.325 e. The molecule has 0 aliphatic rings. The fraction of sp³-hybridized carbons (Fsp3) is 0.533. The Labute approximate surface area is 129 Å². The van der Waals surface area contributed by atoms with E-state index in [1.54, 1.807) is 12.1 Å². The Hall–Kier alpha value is -0.540. The quantitative estimate of drug-likeness (QED) is 0.593. The number of unbranched alkanes of at least 4 members (excludes halogenated alkanes) is 5. The molecule has 0 fully saturated rings. The van der Waals surface area contributed by atoms with E-state index >= 15 is 0 Å².